The average Bonchev–Trinajstić information content (AvgIpc) is 3.13. The van der Waals surface area contributed by atoms with Crippen LogP contribution in [-0.4, -0.2) is 71.4 Å². The third-order valence-electron chi connectivity index (χ3n) is 7.21. The predicted octanol–water partition coefficient (Wildman–Crippen LogP) is 5.18. The molecule has 0 radical (unpaired) electrons. The molecule has 2 amide bonds. The summed E-state index contributed by atoms with van der Waals surface area (Å²) in [6.45, 7) is 4.79. The normalized spacial score (nSPS) is 10.7. The van der Waals surface area contributed by atoms with Crippen LogP contribution in [-0.2, 0) is 16.0 Å². The summed E-state index contributed by atoms with van der Waals surface area (Å²) < 4.78 is 11.2. The van der Waals surface area contributed by atoms with Gasteiger partial charge in [0.05, 0.1) is 26.4 Å². The van der Waals surface area contributed by atoms with Gasteiger partial charge in [-0.15, -0.1) is 0 Å². The van der Waals surface area contributed by atoms with Gasteiger partial charge in [0, 0.05) is 42.1 Å². The smallest absolute Gasteiger partial charge is 0.251 e. The van der Waals surface area contributed by atoms with Crippen LogP contribution in [0.1, 0.15) is 31.8 Å². The molecule has 0 aliphatic rings. The first-order valence-electron chi connectivity index (χ1n) is 16.2. The van der Waals surface area contributed by atoms with Crippen molar-refractivity contribution < 1.29 is 24.2 Å². The van der Waals surface area contributed by atoms with E-state index < -0.39 is 0 Å². The van der Waals surface area contributed by atoms with Crippen LogP contribution >= 0.6 is 0 Å². The number of hydrogen-bond acceptors (Lipinski definition) is 11. The van der Waals surface area contributed by atoms with Gasteiger partial charge in [-0.25, -0.2) is 0 Å². The average molecular weight is 677 g/mol. The summed E-state index contributed by atoms with van der Waals surface area (Å²) in [4.78, 5) is 38.2. The van der Waals surface area contributed by atoms with Crippen molar-refractivity contribution in [3.05, 3.63) is 125 Å². The van der Waals surface area contributed by atoms with Gasteiger partial charge in [0.25, 0.3) is 11.8 Å². The number of nitrogens with one attached hydrogen (secondary N) is 5. The van der Waals surface area contributed by atoms with Crippen LogP contribution in [0.15, 0.2) is 103 Å². The van der Waals surface area contributed by atoms with Crippen molar-refractivity contribution in [2.24, 2.45) is 0 Å². The summed E-state index contributed by atoms with van der Waals surface area (Å²) in [5.41, 5.74) is 4.68. The zero-order chi connectivity index (χ0) is 35.0. The number of aromatic nitrogens is 3. The SMILES string of the molecule is Cc1ccc(CNC(=O)c2ccc(Nc3nc(NCCOCCOCCNC(=O)c4ccccc4)nc(Nc4ccc(O)cc4)n3)cc2)cc1. The highest BCUT2D eigenvalue weighted by Crippen LogP contribution is 2.21. The van der Waals surface area contributed by atoms with E-state index in [1.807, 2.05) is 49.4 Å². The Bertz CT molecular complexity index is 1810. The zero-order valence-corrected chi connectivity index (χ0v) is 27.7. The first kappa shape index (κ1) is 35.3. The Balaban J connectivity index is 1.09. The van der Waals surface area contributed by atoms with Crippen molar-refractivity contribution in [1.82, 2.24) is 25.6 Å². The summed E-state index contributed by atoms with van der Waals surface area (Å²) in [5, 5.41) is 24.8. The highest BCUT2D eigenvalue weighted by atomic mass is 16.5. The number of carbonyl (C=O) groups excluding carboxylic acids is 2. The summed E-state index contributed by atoms with van der Waals surface area (Å²) in [6.07, 6.45) is 0. The van der Waals surface area contributed by atoms with Crippen molar-refractivity contribution in [3.63, 3.8) is 0 Å². The van der Waals surface area contributed by atoms with Crippen molar-refractivity contribution in [1.29, 1.82) is 0 Å². The number of phenols is 1. The standard InChI is InChI=1S/C37H40N8O5/c1-26-7-9-27(10-8-26)25-40-34(48)29-11-13-30(14-12-29)41-36-43-35(44-37(45-36)42-31-15-17-32(46)18-16-31)39-20-22-50-24-23-49-21-19-38-33(47)28-5-3-2-4-6-28/h2-18,46H,19-25H2,1H3,(H,38,47)(H,40,48)(H3,39,41,42,43,44,45). The topological polar surface area (TPSA) is 172 Å². The molecule has 0 fully saturated rings. The van der Waals surface area contributed by atoms with Crippen LogP contribution in [0.5, 0.6) is 5.75 Å². The van der Waals surface area contributed by atoms with E-state index in [0.717, 1.165) is 5.56 Å². The molecular weight excluding hydrogens is 636 g/mol. The van der Waals surface area contributed by atoms with E-state index in [1.165, 1.54) is 5.56 Å². The number of hydrogen-bond donors (Lipinski definition) is 6. The first-order valence-corrected chi connectivity index (χ1v) is 16.2. The van der Waals surface area contributed by atoms with E-state index in [-0.39, 0.29) is 29.5 Å². The van der Waals surface area contributed by atoms with Gasteiger partial charge in [-0.3, -0.25) is 9.59 Å². The van der Waals surface area contributed by atoms with Crippen molar-refractivity contribution in [2.75, 3.05) is 55.5 Å². The molecule has 0 unspecified atom stereocenters. The first-order chi connectivity index (χ1) is 24.4. The number of amides is 2. The third kappa shape index (κ3) is 11.6. The van der Waals surface area contributed by atoms with Crippen LogP contribution < -0.4 is 26.6 Å². The molecule has 0 saturated heterocycles. The molecule has 0 atom stereocenters. The number of ether oxygens (including phenoxy) is 2. The summed E-state index contributed by atoms with van der Waals surface area (Å²) >= 11 is 0. The number of carbonyl (C=O) groups is 2. The number of nitrogens with zero attached hydrogens (tertiary/aromatic N) is 3. The molecule has 5 rings (SSSR count). The third-order valence-corrected chi connectivity index (χ3v) is 7.21. The molecule has 0 aliphatic carbocycles. The summed E-state index contributed by atoms with van der Waals surface area (Å²) in [7, 11) is 0. The molecule has 1 aromatic heterocycles. The fourth-order valence-electron chi connectivity index (χ4n) is 4.55. The minimum Gasteiger partial charge on any atom is -0.508 e. The lowest BCUT2D eigenvalue weighted by atomic mass is 10.1. The van der Waals surface area contributed by atoms with Crippen molar-refractivity contribution >= 4 is 41.0 Å². The molecule has 0 bridgehead atoms. The molecule has 4 aromatic carbocycles. The van der Waals surface area contributed by atoms with Crippen LogP contribution in [0.25, 0.3) is 0 Å². The quantitative estimate of drug-likeness (QED) is 0.0534. The number of aromatic hydroxyl groups is 1. The Hall–Kier alpha value is -6.05. The largest absolute Gasteiger partial charge is 0.508 e. The number of aryl methyl sites for hydroxylation is 1. The van der Waals surface area contributed by atoms with Gasteiger partial charge in [0.2, 0.25) is 17.8 Å². The maximum absolute atomic E-state index is 12.7. The lowest BCUT2D eigenvalue weighted by molar-refractivity contribution is 0.0519. The highest BCUT2D eigenvalue weighted by Gasteiger charge is 2.10. The maximum Gasteiger partial charge on any atom is 0.251 e. The molecular formula is C37H40N8O5. The van der Waals surface area contributed by atoms with E-state index in [2.05, 4.69) is 41.5 Å². The van der Waals surface area contributed by atoms with Crippen molar-refractivity contribution in [2.45, 2.75) is 13.5 Å². The second kappa shape index (κ2) is 18.5. The molecule has 5 aromatic rings. The molecule has 13 heteroatoms. The second-order valence-electron chi connectivity index (χ2n) is 11.1. The number of anilines is 5. The second-order valence-corrected chi connectivity index (χ2v) is 11.1. The van der Waals surface area contributed by atoms with E-state index >= 15 is 0 Å². The van der Waals surface area contributed by atoms with E-state index in [4.69, 9.17) is 9.47 Å². The van der Waals surface area contributed by atoms with Gasteiger partial charge in [0.15, 0.2) is 0 Å². The van der Waals surface area contributed by atoms with Gasteiger partial charge in [-0.05, 0) is 73.2 Å². The van der Waals surface area contributed by atoms with Gasteiger partial charge in [-0.2, -0.15) is 15.0 Å². The van der Waals surface area contributed by atoms with Crippen LogP contribution in [0, 0.1) is 6.92 Å². The Morgan fingerprint density at radius 2 is 1.14 bits per heavy atom. The number of benzene rings is 4. The minimum atomic E-state index is -0.176. The van der Waals surface area contributed by atoms with Crippen molar-refractivity contribution in [3.8, 4) is 5.75 Å². The fourth-order valence-corrected chi connectivity index (χ4v) is 4.55. The molecule has 258 valence electrons. The van der Waals surface area contributed by atoms with Gasteiger partial charge >= 0.3 is 0 Å². The Kier molecular flexibility index (Phi) is 13.0. The maximum atomic E-state index is 12.7. The number of phenolic OH excluding ortho intramolecular Hbond substituents is 1. The van der Waals surface area contributed by atoms with E-state index in [0.29, 0.717) is 74.5 Å². The fraction of sp³-hybridized carbons (Fsp3) is 0.216. The Labute approximate surface area is 290 Å². The number of rotatable bonds is 18. The predicted molar refractivity (Wildman–Crippen MR) is 192 cm³/mol. The summed E-state index contributed by atoms with van der Waals surface area (Å²) in [6, 6.07) is 30.6. The monoisotopic (exact) mass is 676 g/mol. The Morgan fingerprint density at radius 1 is 0.600 bits per heavy atom. The van der Waals surface area contributed by atoms with E-state index in [1.54, 1.807) is 60.7 Å². The van der Waals surface area contributed by atoms with Gasteiger partial charge in [-0.1, -0.05) is 48.0 Å². The summed E-state index contributed by atoms with van der Waals surface area (Å²) in [5.74, 6) is 0.686. The van der Waals surface area contributed by atoms with Crippen LogP contribution in [0.2, 0.25) is 0 Å². The molecule has 13 nitrogen and oxygen atoms in total. The Morgan fingerprint density at radius 3 is 1.78 bits per heavy atom. The molecule has 50 heavy (non-hydrogen) atoms. The zero-order valence-electron chi connectivity index (χ0n) is 27.7. The molecule has 0 saturated carbocycles. The van der Waals surface area contributed by atoms with Gasteiger partial charge < -0.3 is 41.2 Å². The van der Waals surface area contributed by atoms with Crippen LogP contribution in [0.3, 0.4) is 0 Å². The lowest BCUT2D eigenvalue weighted by Crippen LogP contribution is -2.27. The molecule has 6 N–H and O–H groups in total. The minimum absolute atomic E-state index is 0.137. The van der Waals surface area contributed by atoms with Crippen LogP contribution in [0.4, 0.5) is 29.2 Å². The molecule has 1 heterocycles. The molecule has 0 spiro atoms. The van der Waals surface area contributed by atoms with Gasteiger partial charge in [0.1, 0.15) is 5.75 Å². The van der Waals surface area contributed by atoms with E-state index in [9.17, 15) is 14.7 Å². The molecule has 0 aliphatic heterocycles. The highest BCUT2D eigenvalue weighted by molar-refractivity contribution is 5.94. The lowest BCUT2D eigenvalue weighted by Gasteiger charge is -2.12.